The zero-order chi connectivity index (χ0) is 9.14. The van der Waals surface area contributed by atoms with Crippen molar-refractivity contribution >= 4 is 23.6 Å². The molecular formula is C8H6ClNO2. The van der Waals surface area contributed by atoms with Gasteiger partial charge in [-0.1, -0.05) is 18.2 Å². The second-order valence-corrected chi connectivity index (χ2v) is 2.50. The van der Waals surface area contributed by atoms with Crippen molar-refractivity contribution in [3.63, 3.8) is 0 Å². The van der Waals surface area contributed by atoms with Crippen LogP contribution in [-0.4, -0.2) is 16.1 Å². The van der Waals surface area contributed by atoms with Crippen LogP contribution in [0.2, 0.25) is 5.15 Å². The van der Waals surface area contributed by atoms with Crippen molar-refractivity contribution in [3.05, 3.63) is 35.1 Å². The van der Waals surface area contributed by atoms with Crippen LogP contribution in [0.25, 0.3) is 6.08 Å². The summed E-state index contributed by atoms with van der Waals surface area (Å²) in [7, 11) is 0. The van der Waals surface area contributed by atoms with E-state index in [4.69, 9.17) is 16.7 Å². The molecule has 0 atom stereocenters. The Hall–Kier alpha value is -1.35. The van der Waals surface area contributed by atoms with Crippen molar-refractivity contribution in [2.45, 2.75) is 0 Å². The van der Waals surface area contributed by atoms with Crippen LogP contribution in [0, 0.1) is 0 Å². The Bertz CT molecular complexity index is 336. The SMILES string of the molecule is C=Cc1cc(C(=O)O)cc(Cl)n1. The largest absolute Gasteiger partial charge is 0.478 e. The van der Waals surface area contributed by atoms with Crippen LogP contribution in [-0.2, 0) is 0 Å². The number of aromatic nitrogens is 1. The van der Waals surface area contributed by atoms with Crippen molar-refractivity contribution in [1.29, 1.82) is 0 Å². The number of aromatic carboxylic acids is 1. The van der Waals surface area contributed by atoms with Gasteiger partial charge in [0.2, 0.25) is 0 Å². The fourth-order valence-electron chi connectivity index (χ4n) is 0.745. The molecule has 1 aromatic rings. The molecule has 1 rings (SSSR count). The Labute approximate surface area is 74.3 Å². The lowest BCUT2D eigenvalue weighted by molar-refractivity contribution is 0.0696. The molecule has 1 N–H and O–H groups in total. The normalized spacial score (nSPS) is 9.42. The van der Waals surface area contributed by atoms with Gasteiger partial charge in [0.25, 0.3) is 0 Å². The molecule has 62 valence electrons. The summed E-state index contributed by atoms with van der Waals surface area (Å²) in [5.41, 5.74) is 0.574. The molecule has 0 saturated carbocycles. The van der Waals surface area contributed by atoms with E-state index >= 15 is 0 Å². The quantitative estimate of drug-likeness (QED) is 0.715. The maximum absolute atomic E-state index is 10.5. The summed E-state index contributed by atoms with van der Waals surface area (Å²) in [6, 6.07) is 2.69. The molecule has 0 aliphatic carbocycles. The van der Waals surface area contributed by atoms with Crippen molar-refractivity contribution in [1.82, 2.24) is 4.98 Å². The highest BCUT2D eigenvalue weighted by atomic mass is 35.5. The van der Waals surface area contributed by atoms with Crippen molar-refractivity contribution < 1.29 is 9.90 Å². The highest BCUT2D eigenvalue weighted by molar-refractivity contribution is 6.29. The molecule has 3 nitrogen and oxygen atoms in total. The van der Waals surface area contributed by atoms with Gasteiger partial charge in [0.05, 0.1) is 11.3 Å². The van der Waals surface area contributed by atoms with E-state index in [1.54, 1.807) is 0 Å². The summed E-state index contributed by atoms with van der Waals surface area (Å²) in [5, 5.41) is 8.77. The zero-order valence-corrected chi connectivity index (χ0v) is 6.88. The third kappa shape index (κ3) is 1.83. The fourth-order valence-corrected chi connectivity index (χ4v) is 0.960. The standard InChI is InChI=1S/C8H6ClNO2/c1-2-6-3-5(8(11)12)4-7(9)10-6/h2-4H,1H2,(H,11,12). The Kier molecular flexibility index (Phi) is 2.45. The number of nitrogens with zero attached hydrogens (tertiary/aromatic N) is 1. The molecule has 4 heteroatoms. The van der Waals surface area contributed by atoms with Crippen LogP contribution in [0.4, 0.5) is 0 Å². The number of carboxylic acid groups (broad SMARTS) is 1. The summed E-state index contributed by atoms with van der Waals surface area (Å²) in [6.07, 6.45) is 1.44. The molecule has 0 spiro atoms. The highest BCUT2D eigenvalue weighted by Gasteiger charge is 2.04. The lowest BCUT2D eigenvalue weighted by atomic mass is 10.2. The zero-order valence-electron chi connectivity index (χ0n) is 6.12. The van der Waals surface area contributed by atoms with Gasteiger partial charge < -0.3 is 5.11 Å². The van der Waals surface area contributed by atoms with Gasteiger partial charge in [-0.15, -0.1) is 0 Å². The minimum Gasteiger partial charge on any atom is -0.478 e. The van der Waals surface area contributed by atoms with Crippen molar-refractivity contribution in [2.75, 3.05) is 0 Å². The summed E-state index contributed by atoms with van der Waals surface area (Å²) in [5.74, 6) is -1.03. The molecule has 0 amide bonds. The van der Waals surface area contributed by atoms with Crippen LogP contribution in [0.3, 0.4) is 0 Å². The lowest BCUT2D eigenvalue weighted by Crippen LogP contribution is -1.97. The summed E-state index contributed by atoms with van der Waals surface area (Å²) in [4.78, 5) is 14.3. The highest BCUT2D eigenvalue weighted by Crippen LogP contribution is 2.11. The van der Waals surface area contributed by atoms with E-state index in [1.807, 2.05) is 0 Å². The Morgan fingerprint density at radius 3 is 2.83 bits per heavy atom. The lowest BCUT2D eigenvalue weighted by Gasteiger charge is -1.97. The van der Waals surface area contributed by atoms with Crippen LogP contribution < -0.4 is 0 Å². The molecule has 12 heavy (non-hydrogen) atoms. The van der Waals surface area contributed by atoms with Crippen LogP contribution in [0.5, 0.6) is 0 Å². The second kappa shape index (κ2) is 3.36. The molecule has 1 heterocycles. The Morgan fingerprint density at radius 2 is 2.33 bits per heavy atom. The third-order valence-corrected chi connectivity index (χ3v) is 1.46. The molecule has 0 bridgehead atoms. The predicted octanol–water partition coefficient (Wildman–Crippen LogP) is 2.08. The molecule has 0 radical (unpaired) electrons. The van der Waals surface area contributed by atoms with E-state index in [9.17, 15) is 4.79 Å². The number of rotatable bonds is 2. The molecule has 0 aliphatic heterocycles. The van der Waals surface area contributed by atoms with Gasteiger partial charge in [0.1, 0.15) is 5.15 Å². The molecule has 1 aromatic heterocycles. The summed E-state index contributed by atoms with van der Waals surface area (Å²) in [6.45, 7) is 3.46. The molecule has 0 aliphatic rings. The van der Waals surface area contributed by atoms with E-state index in [2.05, 4.69) is 11.6 Å². The Balaban J connectivity index is 3.23. The summed E-state index contributed by atoms with van der Waals surface area (Å²) < 4.78 is 0. The molecule has 0 saturated heterocycles. The second-order valence-electron chi connectivity index (χ2n) is 2.11. The van der Waals surface area contributed by atoms with Gasteiger partial charge in [-0.05, 0) is 18.2 Å². The average Bonchev–Trinajstić information content (AvgIpc) is 2.03. The maximum Gasteiger partial charge on any atom is 0.335 e. The van der Waals surface area contributed by atoms with Crippen LogP contribution in [0.15, 0.2) is 18.7 Å². The van der Waals surface area contributed by atoms with Gasteiger partial charge in [-0.25, -0.2) is 9.78 Å². The van der Waals surface area contributed by atoms with Gasteiger partial charge >= 0.3 is 5.97 Å². The van der Waals surface area contributed by atoms with E-state index in [0.29, 0.717) is 5.69 Å². The first-order chi connectivity index (χ1) is 5.63. The molecule has 0 aromatic carbocycles. The topological polar surface area (TPSA) is 50.2 Å². The van der Waals surface area contributed by atoms with Gasteiger partial charge in [0, 0.05) is 0 Å². The van der Waals surface area contributed by atoms with E-state index in [0.717, 1.165) is 0 Å². The third-order valence-electron chi connectivity index (χ3n) is 1.27. The smallest absolute Gasteiger partial charge is 0.335 e. The van der Waals surface area contributed by atoms with Crippen molar-refractivity contribution in [3.8, 4) is 0 Å². The van der Waals surface area contributed by atoms with E-state index in [1.165, 1.54) is 18.2 Å². The first-order valence-electron chi connectivity index (χ1n) is 3.17. The number of hydrogen-bond donors (Lipinski definition) is 1. The minimum absolute atomic E-state index is 0.116. The van der Waals surface area contributed by atoms with Gasteiger partial charge in [0.15, 0.2) is 0 Å². The molecule has 0 fully saturated rings. The minimum atomic E-state index is -1.03. The van der Waals surface area contributed by atoms with Gasteiger partial charge in [-0.2, -0.15) is 0 Å². The number of halogens is 1. The first-order valence-corrected chi connectivity index (χ1v) is 3.54. The molecular weight excluding hydrogens is 178 g/mol. The van der Waals surface area contributed by atoms with E-state index in [-0.39, 0.29) is 10.7 Å². The number of hydrogen-bond acceptors (Lipinski definition) is 2. The average molecular weight is 184 g/mol. The monoisotopic (exact) mass is 183 g/mol. The van der Waals surface area contributed by atoms with Gasteiger partial charge in [-0.3, -0.25) is 0 Å². The van der Waals surface area contributed by atoms with E-state index < -0.39 is 5.97 Å². The summed E-state index contributed by atoms with van der Waals surface area (Å²) >= 11 is 5.55. The predicted molar refractivity (Wildman–Crippen MR) is 46.3 cm³/mol. The Morgan fingerprint density at radius 1 is 1.67 bits per heavy atom. The molecule has 0 unspecified atom stereocenters. The fraction of sp³-hybridized carbons (Fsp3) is 0. The maximum atomic E-state index is 10.5. The van der Waals surface area contributed by atoms with Crippen LogP contribution in [0.1, 0.15) is 16.1 Å². The van der Waals surface area contributed by atoms with Crippen LogP contribution >= 0.6 is 11.6 Å². The van der Waals surface area contributed by atoms with Crippen molar-refractivity contribution in [2.24, 2.45) is 0 Å². The number of carboxylic acids is 1. The first kappa shape index (κ1) is 8.74. The number of pyridine rings is 1. The number of carbonyl (C=O) groups is 1.